The summed E-state index contributed by atoms with van der Waals surface area (Å²) in [7, 11) is -3.93. The zero-order valence-corrected chi connectivity index (χ0v) is 16.7. The number of carbonyl (C=O) groups is 1. The second kappa shape index (κ2) is 7.81. The Morgan fingerprint density at radius 1 is 1.06 bits per heavy atom. The maximum absolute atomic E-state index is 12.8. The van der Waals surface area contributed by atoms with Crippen molar-refractivity contribution < 1.29 is 31.1 Å². The first-order valence-corrected chi connectivity index (χ1v) is 10.5. The van der Waals surface area contributed by atoms with E-state index in [2.05, 4.69) is 14.8 Å². The number of piperazine rings is 1. The summed E-state index contributed by atoms with van der Waals surface area (Å²) in [5.74, 6) is -0.816. The third-order valence-electron chi connectivity index (χ3n) is 4.73. The van der Waals surface area contributed by atoms with Crippen molar-refractivity contribution in [2.75, 3.05) is 26.2 Å². The number of hydrogen-bond acceptors (Lipinski definition) is 6. The van der Waals surface area contributed by atoms with Gasteiger partial charge in [-0.1, -0.05) is 0 Å². The quantitative estimate of drug-likeness (QED) is 0.595. The fourth-order valence-corrected chi connectivity index (χ4v) is 4.66. The molecule has 1 aliphatic rings. The van der Waals surface area contributed by atoms with Crippen LogP contribution in [0.3, 0.4) is 0 Å². The number of alkyl halides is 3. The second-order valence-electron chi connectivity index (χ2n) is 6.66. The predicted molar refractivity (Wildman–Crippen MR) is 101 cm³/mol. The SMILES string of the molecule is O=C(c1cnn2cccnc12)N1CCN(S(=O)(=O)c2ccc(OC(F)(F)F)cc2)CC1. The minimum absolute atomic E-state index is 0.0432. The van der Waals surface area contributed by atoms with Crippen LogP contribution in [-0.2, 0) is 10.0 Å². The molecule has 0 N–H and O–H groups in total. The maximum Gasteiger partial charge on any atom is 0.573 e. The standard InChI is InChI=1S/C18H16F3N5O4S/c19-18(20,21)30-13-2-4-14(5-3-13)31(28,29)25-10-8-24(9-11-25)17(27)15-12-23-26-7-1-6-22-16(15)26/h1-7,12H,8-11H2. The van der Waals surface area contributed by atoms with Crippen molar-refractivity contribution in [3.8, 4) is 5.75 Å². The van der Waals surface area contributed by atoms with Gasteiger partial charge in [-0.2, -0.15) is 9.40 Å². The summed E-state index contributed by atoms with van der Waals surface area (Å²) in [6.07, 6.45) is -0.240. The highest BCUT2D eigenvalue weighted by atomic mass is 32.2. The highest BCUT2D eigenvalue weighted by molar-refractivity contribution is 7.89. The minimum Gasteiger partial charge on any atom is -0.406 e. The lowest BCUT2D eigenvalue weighted by atomic mass is 10.2. The summed E-state index contributed by atoms with van der Waals surface area (Å²) in [5, 5.41) is 4.08. The molecule has 0 spiro atoms. The number of amides is 1. The van der Waals surface area contributed by atoms with E-state index in [1.54, 1.807) is 18.5 Å². The normalized spacial score (nSPS) is 15.9. The largest absolute Gasteiger partial charge is 0.573 e. The Kier molecular flexibility index (Phi) is 5.31. The summed E-state index contributed by atoms with van der Waals surface area (Å²) in [6, 6.07) is 5.67. The topological polar surface area (TPSA) is 97.1 Å². The Hall–Kier alpha value is -3.19. The molecule has 1 aliphatic heterocycles. The van der Waals surface area contributed by atoms with Crippen LogP contribution < -0.4 is 4.74 Å². The number of nitrogens with zero attached hydrogens (tertiary/aromatic N) is 5. The van der Waals surface area contributed by atoms with Gasteiger partial charge in [-0.25, -0.2) is 17.9 Å². The molecule has 1 fully saturated rings. The number of hydrogen-bond donors (Lipinski definition) is 0. The van der Waals surface area contributed by atoms with E-state index in [1.807, 2.05) is 0 Å². The van der Waals surface area contributed by atoms with Gasteiger partial charge in [-0.15, -0.1) is 13.2 Å². The fourth-order valence-electron chi connectivity index (χ4n) is 3.24. The van der Waals surface area contributed by atoms with E-state index in [9.17, 15) is 26.4 Å². The van der Waals surface area contributed by atoms with Gasteiger partial charge in [0.15, 0.2) is 5.65 Å². The van der Waals surface area contributed by atoms with Gasteiger partial charge >= 0.3 is 6.36 Å². The molecule has 0 bridgehead atoms. The van der Waals surface area contributed by atoms with Crippen molar-refractivity contribution in [3.05, 3.63) is 54.5 Å². The average molecular weight is 455 g/mol. The predicted octanol–water partition coefficient (Wildman–Crippen LogP) is 1.77. The van der Waals surface area contributed by atoms with Crippen molar-refractivity contribution in [1.29, 1.82) is 0 Å². The van der Waals surface area contributed by atoms with E-state index < -0.39 is 22.1 Å². The van der Waals surface area contributed by atoms with Crippen molar-refractivity contribution in [3.63, 3.8) is 0 Å². The molecule has 4 rings (SSSR count). The lowest BCUT2D eigenvalue weighted by molar-refractivity contribution is -0.274. The number of aromatic nitrogens is 3. The van der Waals surface area contributed by atoms with Gasteiger partial charge in [-0.3, -0.25) is 4.79 Å². The zero-order chi connectivity index (χ0) is 22.2. The number of halogens is 3. The number of fused-ring (bicyclic) bond motifs is 1. The third-order valence-corrected chi connectivity index (χ3v) is 6.64. The Balaban J connectivity index is 1.43. The zero-order valence-electron chi connectivity index (χ0n) is 15.9. The van der Waals surface area contributed by atoms with Crippen LogP contribution in [0.2, 0.25) is 0 Å². The van der Waals surface area contributed by atoms with Crippen LogP contribution >= 0.6 is 0 Å². The Morgan fingerprint density at radius 2 is 1.74 bits per heavy atom. The van der Waals surface area contributed by atoms with Crippen molar-refractivity contribution in [2.45, 2.75) is 11.3 Å². The van der Waals surface area contributed by atoms with E-state index in [0.29, 0.717) is 11.2 Å². The lowest BCUT2D eigenvalue weighted by Gasteiger charge is -2.33. The van der Waals surface area contributed by atoms with E-state index in [0.717, 1.165) is 24.3 Å². The summed E-state index contributed by atoms with van der Waals surface area (Å²) in [5.41, 5.74) is 0.723. The molecule has 0 atom stereocenters. The molecule has 3 aromatic rings. The fraction of sp³-hybridized carbons (Fsp3) is 0.278. The summed E-state index contributed by atoms with van der Waals surface area (Å²) in [6.45, 7) is 0.387. The molecule has 164 valence electrons. The van der Waals surface area contributed by atoms with Gasteiger partial charge in [0, 0.05) is 38.6 Å². The Bertz CT molecular complexity index is 1200. The molecular weight excluding hydrogens is 439 g/mol. The molecule has 0 saturated carbocycles. The molecule has 3 heterocycles. The molecule has 0 aliphatic carbocycles. The molecule has 1 amide bonds. The molecule has 31 heavy (non-hydrogen) atoms. The third kappa shape index (κ3) is 4.32. The molecule has 13 heteroatoms. The second-order valence-corrected chi connectivity index (χ2v) is 8.60. The highest BCUT2D eigenvalue weighted by Crippen LogP contribution is 2.25. The van der Waals surface area contributed by atoms with Gasteiger partial charge in [0.1, 0.15) is 11.3 Å². The van der Waals surface area contributed by atoms with Gasteiger partial charge in [0.05, 0.1) is 11.1 Å². The molecule has 2 aromatic heterocycles. The van der Waals surface area contributed by atoms with Gasteiger partial charge in [0.2, 0.25) is 10.0 Å². The van der Waals surface area contributed by atoms with Crippen molar-refractivity contribution in [2.24, 2.45) is 0 Å². The van der Waals surface area contributed by atoms with E-state index in [-0.39, 0.29) is 37.0 Å². The average Bonchev–Trinajstić information content (AvgIpc) is 3.17. The Labute approximate surface area is 174 Å². The number of ether oxygens (including phenoxy) is 1. The van der Waals surface area contributed by atoms with E-state index in [4.69, 9.17) is 0 Å². The molecule has 0 unspecified atom stereocenters. The maximum atomic E-state index is 12.8. The number of rotatable bonds is 4. The van der Waals surface area contributed by atoms with Crippen LogP contribution in [0.15, 0.2) is 53.8 Å². The highest BCUT2D eigenvalue weighted by Gasteiger charge is 2.33. The van der Waals surface area contributed by atoms with E-state index in [1.165, 1.54) is 19.9 Å². The number of sulfonamides is 1. The molecule has 1 saturated heterocycles. The Morgan fingerprint density at radius 3 is 2.39 bits per heavy atom. The van der Waals surface area contributed by atoms with Crippen LogP contribution in [-0.4, -0.2) is 70.7 Å². The van der Waals surface area contributed by atoms with E-state index >= 15 is 0 Å². The lowest BCUT2D eigenvalue weighted by Crippen LogP contribution is -2.50. The van der Waals surface area contributed by atoms with Crippen LogP contribution in [0.5, 0.6) is 5.75 Å². The molecular formula is C18H16F3N5O4S. The first-order valence-electron chi connectivity index (χ1n) is 9.09. The minimum atomic E-state index is -4.86. The van der Waals surface area contributed by atoms with Gasteiger partial charge < -0.3 is 9.64 Å². The first kappa shape index (κ1) is 21.1. The smallest absolute Gasteiger partial charge is 0.406 e. The van der Waals surface area contributed by atoms with Crippen molar-refractivity contribution >= 4 is 21.6 Å². The van der Waals surface area contributed by atoms with Crippen LogP contribution in [0.1, 0.15) is 10.4 Å². The summed E-state index contributed by atoms with van der Waals surface area (Å²) < 4.78 is 68.8. The van der Waals surface area contributed by atoms with Gasteiger partial charge in [0.25, 0.3) is 5.91 Å². The molecule has 0 radical (unpaired) electrons. The van der Waals surface area contributed by atoms with Gasteiger partial charge in [-0.05, 0) is 30.3 Å². The van der Waals surface area contributed by atoms with Crippen molar-refractivity contribution in [1.82, 2.24) is 23.8 Å². The summed E-state index contributed by atoms with van der Waals surface area (Å²) >= 11 is 0. The summed E-state index contributed by atoms with van der Waals surface area (Å²) in [4.78, 5) is 18.3. The molecule has 1 aromatic carbocycles. The molecule has 9 nitrogen and oxygen atoms in total. The van der Waals surface area contributed by atoms with Crippen LogP contribution in [0.25, 0.3) is 5.65 Å². The first-order chi connectivity index (χ1) is 14.6. The number of benzene rings is 1. The van der Waals surface area contributed by atoms with Crippen LogP contribution in [0.4, 0.5) is 13.2 Å². The van der Waals surface area contributed by atoms with Crippen LogP contribution in [0, 0.1) is 0 Å². The monoisotopic (exact) mass is 455 g/mol. The number of carbonyl (C=O) groups excluding carboxylic acids is 1.